The predicted octanol–water partition coefficient (Wildman–Crippen LogP) is 1.58. The minimum Gasteiger partial charge on any atom is -0.351 e. The van der Waals surface area contributed by atoms with Crippen LogP contribution in [0.5, 0.6) is 0 Å². The molecule has 1 aliphatic heterocycles. The van der Waals surface area contributed by atoms with E-state index in [0.29, 0.717) is 11.3 Å². The van der Waals surface area contributed by atoms with Crippen molar-refractivity contribution >= 4 is 17.4 Å². The molecular weight excluding hydrogens is 275 g/mol. The maximum Gasteiger partial charge on any atom is 0.399 e. The molecule has 2 aromatic rings. The van der Waals surface area contributed by atoms with Crippen molar-refractivity contribution in [3.63, 3.8) is 0 Å². The standard InChI is InChI=1S/C11H10F3N5O/c1-5-2-8-16-3-7-9(19(8)17-5)6(11(12,13)14)4-18(7)10(15)20/h2-3,6H,4H2,1H3,(H2,15,20). The SMILES string of the molecule is Cc1cc2ncc3c(n2n1)C(C(F)(F)F)CN3C(N)=O. The first-order chi connectivity index (χ1) is 9.29. The Bertz CT molecular complexity index is 708. The van der Waals surface area contributed by atoms with Gasteiger partial charge < -0.3 is 5.73 Å². The Labute approximate surface area is 111 Å². The molecule has 0 fully saturated rings. The highest BCUT2D eigenvalue weighted by Crippen LogP contribution is 2.44. The van der Waals surface area contributed by atoms with E-state index in [1.54, 1.807) is 13.0 Å². The van der Waals surface area contributed by atoms with E-state index >= 15 is 0 Å². The average molecular weight is 285 g/mol. The molecule has 20 heavy (non-hydrogen) atoms. The van der Waals surface area contributed by atoms with E-state index < -0.39 is 24.7 Å². The molecule has 1 atom stereocenters. The molecule has 0 bridgehead atoms. The Hall–Kier alpha value is -2.32. The molecule has 3 rings (SSSR count). The van der Waals surface area contributed by atoms with Gasteiger partial charge >= 0.3 is 12.2 Å². The lowest BCUT2D eigenvalue weighted by Crippen LogP contribution is -2.36. The maximum atomic E-state index is 13.2. The molecular formula is C11H10F3N5O. The molecule has 0 aliphatic carbocycles. The third kappa shape index (κ3) is 1.69. The first-order valence-corrected chi connectivity index (χ1v) is 5.78. The van der Waals surface area contributed by atoms with Crippen LogP contribution in [0.2, 0.25) is 0 Å². The number of halogens is 3. The van der Waals surface area contributed by atoms with Crippen molar-refractivity contribution in [3.05, 3.63) is 23.7 Å². The average Bonchev–Trinajstić information content (AvgIpc) is 2.86. The van der Waals surface area contributed by atoms with Crippen LogP contribution in [0.4, 0.5) is 23.7 Å². The zero-order valence-electron chi connectivity index (χ0n) is 10.3. The van der Waals surface area contributed by atoms with Gasteiger partial charge in [-0.2, -0.15) is 18.3 Å². The lowest BCUT2D eigenvalue weighted by Gasteiger charge is -2.16. The van der Waals surface area contributed by atoms with Gasteiger partial charge in [-0.15, -0.1) is 0 Å². The Morgan fingerprint density at radius 2 is 2.20 bits per heavy atom. The first-order valence-electron chi connectivity index (χ1n) is 5.78. The maximum absolute atomic E-state index is 13.2. The number of nitrogens with two attached hydrogens (primary N) is 1. The highest BCUT2D eigenvalue weighted by molar-refractivity contribution is 5.93. The Morgan fingerprint density at radius 3 is 2.80 bits per heavy atom. The Balaban J connectivity index is 2.29. The van der Waals surface area contributed by atoms with Gasteiger partial charge in [0.1, 0.15) is 5.92 Å². The number of anilines is 1. The van der Waals surface area contributed by atoms with Crippen molar-refractivity contribution < 1.29 is 18.0 Å². The minimum atomic E-state index is -4.49. The van der Waals surface area contributed by atoms with Crippen LogP contribution >= 0.6 is 0 Å². The van der Waals surface area contributed by atoms with Crippen LogP contribution in [-0.2, 0) is 0 Å². The molecule has 9 heteroatoms. The lowest BCUT2D eigenvalue weighted by molar-refractivity contribution is -0.147. The van der Waals surface area contributed by atoms with E-state index in [1.165, 1.54) is 6.20 Å². The molecule has 6 nitrogen and oxygen atoms in total. The molecule has 2 aromatic heterocycles. The number of aryl methyl sites for hydroxylation is 1. The van der Waals surface area contributed by atoms with Crippen LogP contribution in [0, 0.1) is 6.92 Å². The van der Waals surface area contributed by atoms with Crippen molar-refractivity contribution in [3.8, 4) is 0 Å². The quantitative estimate of drug-likeness (QED) is 0.798. The van der Waals surface area contributed by atoms with Crippen molar-refractivity contribution in [2.24, 2.45) is 5.73 Å². The summed E-state index contributed by atoms with van der Waals surface area (Å²) in [7, 11) is 0. The number of fused-ring (bicyclic) bond motifs is 3. The molecule has 2 amide bonds. The zero-order valence-corrected chi connectivity index (χ0v) is 10.3. The zero-order chi connectivity index (χ0) is 14.7. The monoisotopic (exact) mass is 285 g/mol. The van der Waals surface area contributed by atoms with Gasteiger partial charge in [0, 0.05) is 12.6 Å². The summed E-state index contributed by atoms with van der Waals surface area (Å²) in [6.07, 6.45) is -3.27. The van der Waals surface area contributed by atoms with Gasteiger partial charge in [-0.3, -0.25) is 4.90 Å². The van der Waals surface area contributed by atoms with Crippen molar-refractivity contribution in [2.75, 3.05) is 11.4 Å². The molecule has 1 aliphatic rings. The topological polar surface area (TPSA) is 76.5 Å². The predicted molar refractivity (Wildman–Crippen MR) is 63.4 cm³/mol. The second-order valence-corrected chi connectivity index (χ2v) is 4.63. The number of rotatable bonds is 0. The van der Waals surface area contributed by atoms with E-state index in [2.05, 4.69) is 10.1 Å². The van der Waals surface area contributed by atoms with Gasteiger partial charge in [-0.25, -0.2) is 14.3 Å². The molecule has 0 spiro atoms. The summed E-state index contributed by atoms with van der Waals surface area (Å²) < 4.78 is 40.6. The number of urea groups is 1. The van der Waals surface area contributed by atoms with E-state index in [0.717, 1.165) is 9.42 Å². The summed E-state index contributed by atoms with van der Waals surface area (Å²) in [5.74, 6) is -1.82. The number of hydrogen-bond donors (Lipinski definition) is 1. The number of amides is 2. The van der Waals surface area contributed by atoms with Gasteiger partial charge in [0.25, 0.3) is 0 Å². The van der Waals surface area contributed by atoms with Crippen LogP contribution in [0.3, 0.4) is 0 Å². The van der Waals surface area contributed by atoms with Gasteiger partial charge in [0.2, 0.25) is 0 Å². The number of hydrogen-bond acceptors (Lipinski definition) is 3. The van der Waals surface area contributed by atoms with Crippen LogP contribution in [0.15, 0.2) is 12.3 Å². The molecule has 2 N–H and O–H groups in total. The molecule has 0 saturated heterocycles. The second-order valence-electron chi connectivity index (χ2n) is 4.63. The largest absolute Gasteiger partial charge is 0.399 e. The van der Waals surface area contributed by atoms with Crippen LogP contribution in [-0.4, -0.2) is 33.4 Å². The van der Waals surface area contributed by atoms with Crippen molar-refractivity contribution in [1.82, 2.24) is 14.6 Å². The number of carbonyl (C=O) groups is 1. The van der Waals surface area contributed by atoms with E-state index in [4.69, 9.17) is 5.73 Å². The summed E-state index contributed by atoms with van der Waals surface area (Å²) in [4.78, 5) is 16.2. The highest BCUT2D eigenvalue weighted by Gasteiger charge is 2.50. The molecule has 0 aromatic carbocycles. The summed E-state index contributed by atoms with van der Waals surface area (Å²) in [5, 5.41) is 4.02. The molecule has 0 saturated carbocycles. The van der Waals surface area contributed by atoms with Gasteiger partial charge in [0.05, 0.1) is 23.3 Å². The van der Waals surface area contributed by atoms with Crippen molar-refractivity contribution in [2.45, 2.75) is 19.0 Å². The number of carbonyl (C=O) groups excluding carboxylic acids is 1. The molecule has 106 valence electrons. The number of nitrogens with zero attached hydrogens (tertiary/aromatic N) is 4. The van der Waals surface area contributed by atoms with E-state index in [-0.39, 0.29) is 11.4 Å². The third-order valence-corrected chi connectivity index (χ3v) is 3.27. The molecule has 3 heterocycles. The summed E-state index contributed by atoms with van der Waals surface area (Å²) in [5.41, 5.74) is 5.93. The Kier molecular flexibility index (Phi) is 2.44. The fourth-order valence-corrected chi connectivity index (χ4v) is 2.43. The fourth-order valence-electron chi connectivity index (χ4n) is 2.43. The number of aromatic nitrogens is 3. The number of primary amides is 1. The van der Waals surface area contributed by atoms with E-state index in [9.17, 15) is 18.0 Å². The molecule has 0 radical (unpaired) electrons. The summed E-state index contributed by atoms with van der Waals surface area (Å²) in [6.45, 7) is 1.11. The first kappa shape index (κ1) is 12.7. The third-order valence-electron chi connectivity index (χ3n) is 3.27. The van der Waals surface area contributed by atoms with Crippen LogP contribution in [0.25, 0.3) is 5.65 Å². The van der Waals surface area contributed by atoms with E-state index in [1.807, 2.05) is 0 Å². The lowest BCUT2D eigenvalue weighted by atomic mass is 10.1. The number of alkyl halides is 3. The van der Waals surface area contributed by atoms with Gasteiger partial charge in [-0.05, 0) is 6.92 Å². The molecule has 1 unspecified atom stereocenters. The normalized spacial score (nSPS) is 18.6. The smallest absolute Gasteiger partial charge is 0.351 e. The Morgan fingerprint density at radius 1 is 1.50 bits per heavy atom. The summed E-state index contributed by atoms with van der Waals surface area (Å²) in [6, 6.07) is 0.628. The van der Waals surface area contributed by atoms with Gasteiger partial charge in [0.15, 0.2) is 5.65 Å². The van der Waals surface area contributed by atoms with Crippen molar-refractivity contribution in [1.29, 1.82) is 0 Å². The fraction of sp³-hybridized carbons (Fsp3) is 0.364. The van der Waals surface area contributed by atoms with Crippen LogP contribution < -0.4 is 10.6 Å². The minimum absolute atomic E-state index is 0.0513. The van der Waals surface area contributed by atoms with Crippen LogP contribution in [0.1, 0.15) is 17.3 Å². The second kappa shape index (κ2) is 3.84. The van der Waals surface area contributed by atoms with Gasteiger partial charge in [-0.1, -0.05) is 0 Å². The highest BCUT2D eigenvalue weighted by atomic mass is 19.4. The summed E-state index contributed by atoms with van der Waals surface area (Å²) >= 11 is 0.